The second-order valence-electron chi connectivity index (χ2n) is 8.53. The van der Waals surface area contributed by atoms with Crippen LogP contribution in [0.15, 0.2) is 29.4 Å². The molecule has 0 radical (unpaired) electrons. The van der Waals surface area contributed by atoms with Gasteiger partial charge >= 0.3 is 0 Å². The highest BCUT2D eigenvalue weighted by atomic mass is 32.2. The van der Waals surface area contributed by atoms with E-state index in [2.05, 4.69) is 18.3 Å². The van der Waals surface area contributed by atoms with Crippen LogP contribution in [0.25, 0.3) is 20.8 Å². The van der Waals surface area contributed by atoms with Gasteiger partial charge in [0.25, 0.3) is 0 Å². The van der Waals surface area contributed by atoms with Crippen molar-refractivity contribution in [3.8, 4) is 10.6 Å². The molecule has 1 N–H and O–H groups in total. The highest BCUT2D eigenvalue weighted by Gasteiger charge is 2.52. The van der Waals surface area contributed by atoms with E-state index in [9.17, 15) is 0 Å². The van der Waals surface area contributed by atoms with Crippen molar-refractivity contribution in [1.29, 1.82) is 0 Å². The number of nitrogens with zero attached hydrogens (tertiary/aromatic N) is 3. The molecule has 1 aliphatic heterocycles. The molecular formula is C22H26N4O2S2. The molecule has 0 spiro atoms. The summed E-state index contributed by atoms with van der Waals surface area (Å²) in [7, 11) is 0. The van der Waals surface area contributed by atoms with Gasteiger partial charge in [-0.3, -0.25) is 0 Å². The smallest absolute Gasteiger partial charge is 0.189 e. The summed E-state index contributed by atoms with van der Waals surface area (Å²) in [6.07, 6.45) is 3.08. The van der Waals surface area contributed by atoms with Crippen LogP contribution in [-0.4, -0.2) is 45.2 Å². The van der Waals surface area contributed by atoms with Crippen molar-refractivity contribution in [2.75, 3.05) is 11.6 Å². The first kappa shape index (κ1) is 20.2. The number of rotatable bonds is 4. The maximum absolute atomic E-state index is 6.26. The maximum atomic E-state index is 6.26. The molecule has 2 fully saturated rings. The summed E-state index contributed by atoms with van der Waals surface area (Å²) in [5.74, 6) is 0.700. The molecule has 1 aromatic carbocycles. The lowest BCUT2D eigenvalue weighted by atomic mass is 10.1. The minimum absolute atomic E-state index is 0.00576. The van der Waals surface area contributed by atoms with Crippen molar-refractivity contribution >= 4 is 39.1 Å². The number of nitrogens with one attached hydrogen (secondary N) is 1. The Balaban J connectivity index is 1.55. The predicted octanol–water partition coefficient (Wildman–Crippen LogP) is 5.12. The Morgan fingerprint density at radius 3 is 2.67 bits per heavy atom. The number of hydrogen-bond donors (Lipinski definition) is 1. The van der Waals surface area contributed by atoms with Gasteiger partial charge in [0.1, 0.15) is 16.9 Å². The normalized spacial score (nSPS) is 27.5. The van der Waals surface area contributed by atoms with Crippen LogP contribution in [0.2, 0.25) is 0 Å². The molecule has 1 saturated carbocycles. The van der Waals surface area contributed by atoms with Crippen molar-refractivity contribution in [2.24, 2.45) is 5.92 Å². The number of aryl methyl sites for hydroxylation is 1. The van der Waals surface area contributed by atoms with Crippen molar-refractivity contribution in [3.63, 3.8) is 0 Å². The summed E-state index contributed by atoms with van der Waals surface area (Å²) >= 11 is 3.22. The van der Waals surface area contributed by atoms with E-state index in [0.29, 0.717) is 5.92 Å². The number of para-hydroxylation sites is 1. The highest BCUT2D eigenvalue weighted by molar-refractivity contribution is 7.98. The number of ether oxygens (including phenoxy) is 2. The minimum Gasteiger partial charge on any atom is -0.364 e. The zero-order valence-electron chi connectivity index (χ0n) is 17.8. The Morgan fingerprint density at radius 1 is 1.13 bits per heavy atom. The first-order valence-corrected chi connectivity index (χ1v) is 12.3. The summed E-state index contributed by atoms with van der Waals surface area (Å²) in [5.41, 5.74) is 2.91. The van der Waals surface area contributed by atoms with Gasteiger partial charge in [-0.1, -0.05) is 30.8 Å². The third-order valence-electron chi connectivity index (χ3n) is 5.83. The number of benzene rings is 1. The highest BCUT2D eigenvalue weighted by Crippen LogP contribution is 2.44. The van der Waals surface area contributed by atoms with Crippen molar-refractivity contribution in [3.05, 3.63) is 30.0 Å². The fourth-order valence-corrected chi connectivity index (χ4v) is 6.01. The zero-order chi connectivity index (χ0) is 21.0. The Labute approximate surface area is 184 Å². The fraction of sp³-hybridized carbons (Fsp3) is 0.500. The molecule has 0 bridgehead atoms. The molecule has 3 aromatic rings. The predicted molar refractivity (Wildman–Crippen MR) is 122 cm³/mol. The molecule has 158 valence electrons. The Hall–Kier alpha value is -1.74. The number of thioether (sulfide) groups is 1. The lowest BCUT2D eigenvalue weighted by Crippen LogP contribution is -2.35. The van der Waals surface area contributed by atoms with E-state index in [1.165, 1.54) is 0 Å². The average Bonchev–Trinajstić information content (AvgIpc) is 3.34. The first-order chi connectivity index (χ1) is 14.3. The summed E-state index contributed by atoms with van der Waals surface area (Å²) in [6, 6.07) is 8.34. The lowest BCUT2D eigenvalue weighted by Gasteiger charge is -2.24. The van der Waals surface area contributed by atoms with Gasteiger partial charge in [0.05, 0.1) is 33.6 Å². The van der Waals surface area contributed by atoms with Gasteiger partial charge in [0.15, 0.2) is 10.9 Å². The minimum atomic E-state index is -0.550. The van der Waals surface area contributed by atoms with E-state index in [-0.39, 0.29) is 18.2 Å². The summed E-state index contributed by atoms with van der Waals surface area (Å²) in [4.78, 5) is 14.4. The molecular weight excluding hydrogens is 416 g/mol. The van der Waals surface area contributed by atoms with Crippen molar-refractivity contribution < 1.29 is 9.47 Å². The van der Waals surface area contributed by atoms with Gasteiger partial charge in [-0.25, -0.2) is 15.0 Å². The van der Waals surface area contributed by atoms with Gasteiger partial charge in [0, 0.05) is 0 Å². The molecule has 2 aliphatic rings. The molecule has 1 aliphatic carbocycles. The maximum Gasteiger partial charge on any atom is 0.189 e. The van der Waals surface area contributed by atoms with E-state index >= 15 is 0 Å². The molecule has 0 unspecified atom stereocenters. The van der Waals surface area contributed by atoms with Crippen LogP contribution in [0.1, 0.15) is 32.9 Å². The van der Waals surface area contributed by atoms with E-state index in [1.54, 1.807) is 23.1 Å². The number of aromatic nitrogens is 3. The van der Waals surface area contributed by atoms with E-state index < -0.39 is 5.79 Å². The quantitative estimate of drug-likeness (QED) is 0.444. The number of hydrogen-bond acceptors (Lipinski definition) is 8. The van der Waals surface area contributed by atoms with Crippen LogP contribution in [0, 0.1) is 12.8 Å². The number of anilines is 1. The number of thiazole rings is 1. The monoisotopic (exact) mass is 442 g/mol. The standard InChI is InChI=1S/C22H26N4O2S2/c1-11-10-14(18-17(11)27-22(3,4)28-18)24-19-16(12(2)23-21(26-19)29-5)20-25-13-8-6-7-9-15(13)30-20/h6-9,11,14,17-18H,10H2,1-5H3,(H,23,24,26)/t11-,14+,17+,18-/m0/s1. The molecule has 8 heteroatoms. The SMILES string of the molecule is CSc1nc(C)c(-c2nc3ccccc3s2)c(N[C@@H]2C[C@H](C)[C@H]3OC(C)(C)O[C@H]32)n1. The van der Waals surface area contributed by atoms with Crippen LogP contribution in [-0.2, 0) is 9.47 Å². The molecule has 1 saturated heterocycles. The van der Waals surface area contributed by atoms with Crippen LogP contribution in [0.4, 0.5) is 5.82 Å². The average molecular weight is 443 g/mol. The molecule has 4 atom stereocenters. The molecule has 0 amide bonds. The molecule has 3 heterocycles. The summed E-state index contributed by atoms with van der Waals surface area (Å²) < 4.78 is 13.6. The first-order valence-electron chi connectivity index (χ1n) is 10.3. The topological polar surface area (TPSA) is 69.2 Å². The summed E-state index contributed by atoms with van der Waals surface area (Å²) in [6.45, 7) is 8.24. The van der Waals surface area contributed by atoms with Crippen molar-refractivity contribution in [2.45, 2.75) is 63.3 Å². The van der Waals surface area contributed by atoms with Gasteiger partial charge in [-0.05, 0) is 51.5 Å². The Kier molecular flexibility index (Phi) is 5.01. The Bertz CT molecular complexity index is 1070. The van der Waals surface area contributed by atoms with Crippen LogP contribution < -0.4 is 5.32 Å². The molecule has 6 nitrogen and oxygen atoms in total. The van der Waals surface area contributed by atoms with Gasteiger partial charge < -0.3 is 14.8 Å². The van der Waals surface area contributed by atoms with E-state index in [0.717, 1.165) is 43.9 Å². The number of fused-ring (bicyclic) bond motifs is 2. The van der Waals surface area contributed by atoms with E-state index in [1.807, 2.05) is 45.2 Å². The largest absolute Gasteiger partial charge is 0.364 e. The molecule has 2 aromatic heterocycles. The zero-order valence-corrected chi connectivity index (χ0v) is 19.4. The second kappa shape index (κ2) is 7.44. The third kappa shape index (κ3) is 3.49. The van der Waals surface area contributed by atoms with Crippen LogP contribution >= 0.6 is 23.1 Å². The Morgan fingerprint density at radius 2 is 1.90 bits per heavy atom. The molecule has 30 heavy (non-hydrogen) atoms. The van der Waals surface area contributed by atoms with Gasteiger partial charge in [-0.2, -0.15) is 0 Å². The second-order valence-corrected chi connectivity index (χ2v) is 10.3. The van der Waals surface area contributed by atoms with E-state index in [4.69, 9.17) is 24.4 Å². The lowest BCUT2D eigenvalue weighted by molar-refractivity contribution is -0.156. The van der Waals surface area contributed by atoms with Gasteiger partial charge in [-0.15, -0.1) is 11.3 Å². The fourth-order valence-electron chi connectivity index (χ4n) is 4.53. The summed E-state index contributed by atoms with van der Waals surface area (Å²) in [5, 5.41) is 5.40. The third-order valence-corrected chi connectivity index (χ3v) is 7.43. The van der Waals surface area contributed by atoms with Crippen LogP contribution in [0.3, 0.4) is 0 Å². The van der Waals surface area contributed by atoms with Crippen LogP contribution in [0.5, 0.6) is 0 Å². The van der Waals surface area contributed by atoms with Crippen molar-refractivity contribution in [1.82, 2.24) is 15.0 Å². The molecule has 5 rings (SSSR count). The van der Waals surface area contributed by atoms with Gasteiger partial charge in [0.2, 0.25) is 0 Å².